The standard InChI is InChI=1S/C13H9NO2/c15-13(16)8-5-6-12-10(7-8)9-3-1-2-4-11(9)14-12/h1-3,5-7H,4H2,(H,15,16). The zero-order chi connectivity index (χ0) is 11.1. The largest absolute Gasteiger partial charge is 0.478 e. The van der Waals surface area contributed by atoms with Gasteiger partial charge in [-0.05, 0) is 18.2 Å². The van der Waals surface area contributed by atoms with Crippen LogP contribution in [0.25, 0.3) is 5.57 Å². The summed E-state index contributed by atoms with van der Waals surface area (Å²) in [7, 11) is 0. The van der Waals surface area contributed by atoms with Gasteiger partial charge in [-0.25, -0.2) is 4.79 Å². The van der Waals surface area contributed by atoms with Gasteiger partial charge in [0.25, 0.3) is 0 Å². The van der Waals surface area contributed by atoms with Crippen LogP contribution in [0.1, 0.15) is 22.3 Å². The maximum absolute atomic E-state index is 10.9. The van der Waals surface area contributed by atoms with Gasteiger partial charge in [0.1, 0.15) is 0 Å². The van der Waals surface area contributed by atoms with E-state index in [0.717, 1.165) is 29.0 Å². The predicted octanol–water partition coefficient (Wildman–Crippen LogP) is 2.81. The molecule has 0 fully saturated rings. The molecule has 1 heterocycles. The van der Waals surface area contributed by atoms with E-state index in [2.05, 4.69) is 4.99 Å². The van der Waals surface area contributed by atoms with Crippen LogP contribution in [0.3, 0.4) is 0 Å². The van der Waals surface area contributed by atoms with E-state index in [0.29, 0.717) is 5.56 Å². The molecule has 1 aliphatic heterocycles. The monoisotopic (exact) mass is 211 g/mol. The fourth-order valence-corrected chi connectivity index (χ4v) is 2.03. The summed E-state index contributed by atoms with van der Waals surface area (Å²) in [6.07, 6.45) is 6.84. The molecule has 2 aliphatic rings. The molecule has 78 valence electrons. The highest BCUT2D eigenvalue weighted by Crippen LogP contribution is 2.37. The number of rotatable bonds is 1. The molecule has 1 aromatic carbocycles. The molecule has 16 heavy (non-hydrogen) atoms. The summed E-state index contributed by atoms with van der Waals surface area (Å²) in [5.41, 5.74) is 4.19. The zero-order valence-electron chi connectivity index (χ0n) is 8.47. The average Bonchev–Trinajstić information content (AvgIpc) is 2.66. The zero-order valence-corrected chi connectivity index (χ0v) is 8.47. The van der Waals surface area contributed by atoms with Crippen molar-refractivity contribution in [2.24, 2.45) is 4.99 Å². The van der Waals surface area contributed by atoms with Gasteiger partial charge >= 0.3 is 5.97 Å². The summed E-state index contributed by atoms with van der Waals surface area (Å²) in [5.74, 6) is -0.900. The number of hydrogen-bond acceptors (Lipinski definition) is 2. The molecular weight excluding hydrogens is 202 g/mol. The fourth-order valence-electron chi connectivity index (χ4n) is 2.03. The lowest BCUT2D eigenvalue weighted by Crippen LogP contribution is -2.00. The van der Waals surface area contributed by atoms with Crippen LogP contribution in [-0.4, -0.2) is 16.8 Å². The first-order valence-electron chi connectivity index (χ1n) is 5.08. The number of benzene rings is 1. The Bertz CT molecular complexity index is 580. The summed E-state index contributed by atoms with van der Waals surface area (Å²) in [6, 6.07) is 5.06. The quantitative estimate of drug-likeness (QED) is 0.776. The number of fused-ring (bicyclic) bond motifs is 3. The Morgan fingerprint density at radius 3 is 3.06 bits per heavy atom. The van der Waals surface area contributed by atoms with Crippen molar-refractivity contribution in [3.8, 4) is 0 Å². The van der Waals surface area contributed by atoms with Gasteiger partial charge in [0.05, 0.1) is 17.0 Å². The lowest BCUT2D eigenvalue weighted by Gasteiger charge is -2.06. The minimum absolute atomic E-state index is 0.311. The molecule has 0 aromatic heterocycles. The van der Waals surface area contributed by atoms with Crippen molar-refractivity contribution in [1.82, 2.24) is 0 Å². The second-order valence-corrected chi connectivity index (χ2v) is 3.81. The van der Waals surface area contributed by atoms with Crippen molar-refractivity contribution in [1.29, 1.82) is 0 Å². The molecule has 0 spiro atoms. The number of aromatic carboxylic acids is 1. The molecule has 3 rings (SSSR count). The summed E-state index contributed by atoms with van der Waals surface area (Å²) < 4.78 is 0. The van der Waals surface area contributed by atoms with Crippen molar-refractivity contribution in [2.45, 2.75) is 6.42 Å². The number of carboxylic acid groups (broad SMARTS) is 1. The summed E-state index contributed by atoms with van der Waals surface area (Å²) in [6.45, 7) is 0. The molecule has 1 aliphatic carbocycles. The predicted molar refractivity (Wildman–Crippen MR) is 62.2 cm³/mol. The molecule has 1 aromatic rings. The van der Waals surface area contributed by atoms with E-state index in [1.807, 2.05) is 18.2 Å². The first-order chi connectivity index (χ1) is 7.75. The number of hydrogen-bond donors (Lipinski definition) is 1. The van der Waals surface area contributed by atoms with Gasteiger partial charge in [0.2, 0.25) is 0 Å². The first kappa shape index (κ1) is 9.09. The highest BCUT2D eigenvalue weighted by Gasteiger charge is 2.22. The van der Waals surface area contributed by atoms with Gasteiger partial charge in [0, 0.05) is 17.6 Å². The lowest BCUT2D eigenvalue weighted by atomic mass is 9.96. The van der Waals surface area contributed by atoms with Gasteiger partial charge < -0.3 is 5.11 Å². The highest BCUT2D eigenvalue weighted by molar-refractivity contribution is 6.30. The van der Waals surface area contributed by atoms with Crippen molar-refractivity contribution >= 4 is 22.9 Å². The molecular formula is C13H9NO2. The maximum atomic E-state index is 10.9. The van der Waals surface area contributed by atoms with Gasteiger partial charge in [-0.2, -0.15) is 0 Å². The van der Waals surface area contributed by atoms with Crippen molar-refractivity contribution in [3.05, 3.63) is 47.6 Å². The molecule has 3 heteroatoms. The lowest BCUT2D eigenvalue weighted by molar-refractivity contribution is 0.0697. The first-order valence-corrected chi connectivity index (χ1v) is 5.08. The van der Waals surface area contributed by atoms with Gasteiger partial charge in [-0.1, -0.05) is 18.2 Å². The summed E-state index contributed by atoms with van der Waals surface area (Å²) >= 11 is 0. The molecule has 0 saturated heterocycles. The van der Waals surface area contributed by atoms with Crippen molar-refractivity contribution < 1.29 is 9.90 Å². The number of carboxylic acids is 1. The number of aliphatic imine (C=N–C) groups is 1. The van der Waals surface area contributed by atoms with Gasteiger partial charge in [-0.15, -0.1) is 0 Å². The molecule has 0 radical (unpaired) electrons. The minimum Gasteiger partial charge on any atom is -0.478 e. The molecule has 3 nitrogen and oxygen atoms in total. The Balaban J connectivity index is 2.17. The van der Waals surface area contributed by atoms with Crippen LogP contribution in [0.2, 0.25) is 0 Å². The summed E-state index contributed by atoms with van der Waals surface area (Å²) in [5, 5.41) is 8.94. The topological polar surface area (TPSA) is 49.7 Å². The third-order valence-corrected chi connectivity index (χ3v) is 2.81. The Morgan fingerprint density at radius 2 is 2.25 bits per heavy atom. The van der Waals surface area contributed by atoms with Crippen LogP contribution < -0.4 is 0 Å². The molecule has 1 N–H and O–H groups in total. The normalized spacial score (nSPS) is 16.2. The smallest absolute Gasteiger partial charge is 0.335 e. The van der Waals surface area contributed by atoms with E-state index >= 15 is 0 Å². The third-order valence-electron chi connectivity index (χ3n) is 2.81. The van der Waals surface area contributed by atoms with Gasteiger partial charge in [0.15, 0.2) is 0 Å². The van der Waals surface area contributed by atoms with Crippen LogP contribution >= 0.6 is 0 Å². The van der Waals surface area contributed by atoms with E-state index in [-0.39, 0.29) is 0 Å². The average molecular weight is 211 g/mol. The Kier molecular flexibility index (Phi) is 1.80. The van der Waals surface area contributed by atoms with Crippen LogP contribution in [0, 0.1) is 0 Å². The Morgan fingerprint density at radius 1 is 1.38 bits per heavy atom. The van der Waals surface area contributed by atoms with Crippen LogP contribution in [0.15, 0.2) is 41.4 Å². The Labute approximate surface area is 92.4 Å². The minimum atomic E-state index is -0.900. The van der Waals surface area contributed by atoms with E-state index < -0.39 is 5.97 Å². The Hall–Kier alpha value is -2.16. The molecule has 0 unspecified atom stereocenters. The van der Waals surface area contributed by atoms with Crippen molar-refractivity contribution in [3.63, 3.8) is 0 Å². The van der Waals surface area contributed by atoms with E-state index in [1.165, 1.54) is 0 Å². The van der Waals surface area contributed by atoms with Crippen LogP contribution in [-0.2, 0) is 0 Å². The van der Waals surface area contributed by atoms with E-state index in [9.17, 15) is 4.79 Å². The molecule has 0 bridgehead atoms. The highest BCUT2D eigenvalue weighted by atomic mass is 16.4. The molecule has 0 amide bonds. The van der Waals surface area contributed by atoms with E-state index in [4.69, 9.17) is 5.11 Å². The third kappa shape index (κ3) is 1.21. The van der Waals surface area contributed by atoms with Crippen molar-refractivity contribution in [2.75, 3.05) is 0 Å². The van der Waals surface area contributed by atoms with E-state index in [1.54, 1.807) is 18.2 Å². The second-order valence-electron chi connectivity index (χ2n) is 3.81. The molecule has 0 saturated carbocycles. The number of nitrogens with zero attached hydrogens (tertiary/aromatic N) is 1. The fraction of sp³-hybridized carbons (Fsp3) is 0.0769. The second kappa shape index (κ2) is 3.17. The number of carbonyl (C=O) groups is 1. The SMILES string of the molecule is O=C(O)c1ccc2c(c1)C1=CC=CCC1=N2. The van der Waals surface area contributed by atoms with Gasteiger partial charge in [-0.3, -0.25) is 4.99 Å². The summed E-state index contributed by atoms with van der Waals surface area (Å²) in [4.78, 5) is 15.4. The maximum Gasteiger partial charge on any atom is 0.335 e. The number of allylic oxidation sites excluding steroid dienone is 4. The van der Waals surface area contributed by atoms with Crippen LogP contribution in [0.4, 0.5) is 5.69 Å². The van der Waals surface area contributed by atoms with Crippen LogP contribution in [0.5, 0.6) is 0 Å². The molecule has 0 atom stereocenters.